The van der Waals surface area contributed by atoms with Crippen molar-refractivity contribution in [2.24, 2.45) is 5.92 Å². The molecule has 2 atom stereocenters. The van der Waals surface area contributed by atoms with E-state index in [9.17, 15) is 13.6 Å². The van der Waals surface area contributed by atoms with Crippen molar-refractivity contribution in [3.8, 4) is 5.75 Å². The van der Waals surface area contributed by atoms with Gasteiger partial charge >= 0.3 is 6.15 Å². The molecule has 112 valence electrons. The van der Waals surface area contributed by atoms with Crippen molar-refractivity contribution >= 4 is 12.1 Å². The van der Waals surface area contributed by atoms with Crippen LogP contribution in [0.3, 0.4) is 0 Å². The second-order valence-electron chi connectivity index (χ2n) is 4.88. The summed E-state index contributed by atoms with van der Waals surface area (Å²) in [7, 11) is 0. The highest BCUT2D eigenvalue weighted by Crippen LogP contribution is 2.38. The van der Waals surface area contributed by atoms with Gasteiger partial charge in [-0.3, -0.25) is 4.79 Å². The molecule has 21 heavy (non-hydrogen) atoms. The Bertz CT molecular complexity index is 611. The maximum absolute atomic E-state index is 14.3. The van der Waals surface area contributed by atoms with Crippen LogP contribution in [-0.2, 0) is 20.8 Å². The van der Waals surface area contributed by atoms with Gasteiger partial charge in [0.2, 0.25) is 5.91 Å². The molecule has 1 aromatic rings. The highest BCUT2D eigenvalue weighted by molar-refractivity contribution is 5.82. The third-order valence-corrected chi connectivity index (χ3v) is 3.81. The molecular formula is C14H13F2NO4. The van der Waals surface area contributed by atoms with E-state index in [2.05, 4.69) is 5.32 Å². The van der Waals surface area contributed by atoms with Crippen molar-refractivity contribution in [1.82, 2.24) is 5.32 Å². The van der Waals surface area contributed by atoms with Gasteiger partial charge in [0.05, 0.1) is 6.61 Å². The van der Waals surface area contributed by atoms with Crippen LogP contribution in [0.25, 0.3) is 0 Å². The molecule has 0 saturated carbocycles. The number of benzene rings is 1. The third-order valence-electron chi connectivity index (χ3n) is 3.81. The quantitative estimate of drug-likeness (QED) is 0.844. The van der Waals surface area contributed by atoms with Crippen LogP contribution < -0.4 is 10.1 Å². The normalized spacial score (nSPS) is 22.5. The van der Waals surface area contributed by atoms with Gasteiger partial charge in [0.1, 0.15) is 17.4 Å². The van der Waals surface area contributed by atoms with Crippen LogP contribution in [0.15, 0.2) is 6.07 Å². The van der Waals surface area contributed by atoms with Crippen molar-refractivity contribution in [1.29, 1.82) is 0 Å². The van der Waals surface area contributed by atoms with Crippen LogP contribution in [0, 0.1) is 17.6 Å². The summed E-state index contributed by atoms with van der Waals surface area (Å²) in [4.78, 5) is 27.7. The molecule has 1 fully saturated rings. The summed E-state index contributed by atoms with van der Waals surface area (Å²) in [5.41, 5.74) is 0.447. The number of ether oxygens (including phenoxy) is 1. The minimum Gasteiger partial charge on any atom is -0.493 e. The molecule has 1 amide bonds. The lowest BCUT2D eigenvalue weighted by Crippen LogP contribution is -2.17. The van der Waals surface area contributed by atoms with Crippen molar-refractivity contribution in [3.63, 3.8) is 0 Å². The van der Waals surface area contributed by atoms with Crippen LogP contribution in [-0.4, -0.2) is 25.2 Å². The zero-order valence-electron chi connectivity index (χ0n) is 11.2. The van der Waals surface area contributed by atoms with Gasteiger partial charge in [0, 0.05) is 42.0 Å². The first-order valence-corrected chi connectivity index (χ1v) is 6.41. The Balaban J connectivity index is 0.000000497. The number of carbonyl (C=O) groups is 1. The number of fused-ring (bicyclic) bond motifs is 1. The first-order valence-electron chi connectivity index (χ1n) is 6.41. The predicted molar refractivity (Wildman–Crippen MR) is 65.5 cm³/mol. The summed E-state index contributed by atoms with van der Waals surface area (Å²) in [6, 6.07) is 1.23. The summed E-state index contributed by atoms with van der Waals surface area (Å²) in [6.07, 6.45) is 0.705. The van der Waals surface area contributed by atoms with E-state index in [1.807, 2.05) is 0 Å². The monoisotopic (exact) mass is 297 g/mol. The summed E-state index contributed by atoms with van der Waals surface area (Å²) in [5, 5.41) is 2.64. The molecule has 2 aliphatic heterocycles. The number of nitrogens with one attached hydrogen (secondary N) is 1. The largest absolute Gasteiger partial charge is 0.493 e. The Hall–Kier alpha value is -2.27. The van der Waals surface area contributed by atoms with Gasteiger partial charge in [0.15, 0.2) is 0 Å². The minimum atomic E-state index is -0.624. The van der Waals surface area contributed by atoms with E-state index in [0.29, 0.717) is 24.3 Å². The molecule has 7 heteroatoms. The lowest BCUT2D eigenvalue weighted by atomic mass is 9.87. The maximum atomic E-state index is 14.3. The average Bonchev–Trinajstić information content (AvgIpc) is 3.01. The Kier molecular flexibility index (Phi) is 4.33. The Labute approximate surface area is 119 Å². The van der Waals surface area contributed by atoms with Crippen molar-refractivity contribution in [2.45, 2.75) is 19.3 Å². The molecule has 0 aromatic heterocycles. The van der Waals surface area contributed by atoms with E-state index in [1.54, 1.807) is 6.92 Å². The topological polar surface area (TPSA) is 72.5 Å². The molecule has 0 bridgehead atoms. The van der Waals surface area contributed by atoms with E-state index >= 15 is 0 Å². The van der Waals surface area contributed by atoms with Crippen LogP contribution >= 0.6 is 0 Å². The van der Waals surface area contributed by atoms with Crippen molar-refractivity contribution in [2.75, 3.05) is 13.2 Å². The molecule has 1 aromatic carbocycles. The Morgan fingerprint density at radius 1 is 1.38 bits per heavy atom. The molecule has 0 unspecified atom stereocenters. The maximum Gasteiger partial charge on any atom is 0.373 e. The van der Waals surface area contributed by atoms with Gasteiger partial charge in [0.25, 0.3) is 0 Å². The van der Waals surface area contributed by atoms with Gasteiger partial charge in [-0.2, -0.15) is 9.59 Å². The SMILES string of the molecule is C[C@@H]1C(=O)NC[C@H]1c1c(F)cc2c(c1F)CCO2.O=C=O. The fourth-order valence-corrected chi connectivity index (χ4v) is 2.70. The van der Waals surface area contributed by atoms with E-state index < -0.39 is 23.5 Å². The van der Waals surface area contributed by atoms with Gasteiger partial charge in [-0.05, 0) is 0 Å². The smallest absolute Gasteiger partial charge is 0.373 e. The second-order valence-corrected chi connectivity index (χ2v) is 4.88. The number of amides is 1. The molecule has 0 aliphatic carbocycles. The highest BCUT2D eigenvalue weighted by Gasteiger charge is 2.37. The molecule has 0 radical (unpaired) electrons. The lowest BCUT2D eigenvalue weighted by molar-refractivity contribution is -0.191. The van der Waals surface area contributed by atoms with E-state index in [-0.39, 0.29) is 24.2 Å². The number of hydrogen-bond acceptors (Lipinski definition) is 4. The lowest BCUT2D eigenvalue weighted by Gasteiger charge is -2.16. The Morgan fingerprint density at radius 3 is 2.62 bits per heavy atom. The molecule has 2 aliphatic rings. The highest BCUT2D eigenvalue weighted by atomic mass is 19.1. The molecule has 2 heterocycles. The standard InChI is InChI=1S/C13H13F2NO2.CO2/c1-6-8(5-16-13(6)17)11-9(14)4-10-7(12(11)15)2-3-18-10;2-1-3/h4,6,8H,2-3,5H2,1H3,(H,16,17);/t6-,8+;/m0./s1. The molecule has 0 spiro atoms. The summed E-state index contributed by atoms with van der Waals surface area (Å²) < 4.78 is 33.5. The zero-order valence-corrected chi connectivity index (χ0v) is 11.2. The predicted octanol–water partition coefficient (Wildman–Crippen LogP) is 1.17. The number of rotatable bonds is 1. The summed E-state index contributed by atoms with van der Waals surface area (Å²) in [6.45, 7) is 2.36. The molecule has 5 nitrogen and oxygen atoms in total. The van der Waals surface area contributed by atoms with Crippen LogP contribution in [0.2, 0.25) is 0 Å². The van der Waals surface area contributed by atoms with E-state index in [4.69, 9.17) is 14.3 Å². The first kappa shape index (κ1) is 15.1. The minimum absolute atomic E-state index is 0.0186. The third kappa shape index (κ3) is 2.64. The zero-order chi connectivity index (χ0) is 15.6. The van der Waals surface area contributed by atoms with Crippen LogP contribution in [0.4, 0.5) is 8.78 Å². The number of carbonyl (C=O) groups excluding carboxylic acids is 3. The average molecular weight is 297 g/mol. The van der Waals surface area contributed by atoms with E-state index in [0.717, 1.165) is 0 Å². The Morgan fingerprint density at radius 2 is 2.05 bits per heavy atom. The van der Waals surface area contributed by atoms with Crippen molar-refractivity contribution < 1.29 is 27.9 Å². The van der Waals surface area contributed by atoms with Gasteiger partial charge in [-0.15, -0.1) is 0 Å². The molecular weight excluding hydrogens is 284 g/mol. The molecule has 1 saturated heterocycles. The fourth-order valence-electron chi connectivity index (χ4n) is 2.70. The first-order chi connectivity index (χ1) is 10.0. The van der Waals surface area contributed by atoms with Gasteiger partial charge in [-0.1, -0.05) is 6.92 Å². The van der Waals surface area contributed by atoms with Gasteiger partial charge < -0.3 is 10.1 Å². The van der Waals surface area contributed by atoms with Gasteiger partial charge in [-0.25, -0.2) is 8.78 Å². The molecule has 1 N–H and O–H groups in total. The fraction of sp³-hybridized carbons (Fsp3) is 0.429. The van der Waals surface area contributed by atoms with E-state index in [1.165, 1.54) is 6.07 Å². The number of halogens is 2. The van der Waals surface area contributed by atoms with Crippen LogP contribution in [0.5, 0.6) is 5.75 Å². The molecule has 3 rings (SSSR count). The van der Waals surface area contributed by atoms with Crippen molar-refractivity contribution in [3.05, 3.63) is 28.8 Å². The summed E-state index contributed by atoms with van der Waals surface area (Å²) >= 11 is 0. The second kappa shape index (κ2) is 6.01. The summed E-state index contributed by atoms with van der Waals surface area (Å²) in [5.74, 6) is -1.88. The number of hydrogen-bond donors (Lipinski definition) is 1. The van der Waals surface area contributed by atoms with Crippen LogP contribution in [0.1, 0.15) is 24.0 Å².